The fourth-order valence-electron chi connectivity index (χ4n) is 1.14. The number of hydrogen-bond acceptors (Lipinski definition) is 2. The van der Waals surface area contributed by atoms with Gasteiger partial charge in [0, 0.05) is 6.08 Å². The first-order valence-corrected chi connectivity index (χ1v) is 5.69. The second kappa shape index (κ2) is 15.7. The van der Waals surface area contributed by atoms with Crippen LogP contribution in [0.4, 0.5) is 0 Å². The first-order valence-electron chi connectivity index (χ1n) is 5.69. The summed E-state index contributed by atoms with van der Waals surface area (Å²) in [6.45, 7) is 4.22. The minimum Gasteiger partial charge on any atom is -0.466 e. The molecule has 18 heavy (non-hydrogen) atoms. The molecule has 106 valence electrons. The van der Waals surface area contributed by atoms with Crippen molar-refractivity contribution in [2.45, 2.75) is 54.4 Å². The van der Waals surface area contributed by atoms with E-state index in [1.807, 2.05) is 6.08 Å². The molecular formula is C16H30O2. The van der Waals surface area contributed by atoms with E-state index in [2.05, 4.69) is 36.8 Å². The number of hydrogen-bond donors (Lipinski definition) is 0. The van der Waals surface area contributed by atoms with Crippen molar-refractivity contribution in [2.75, 3.05) is 7.11 Å². The highest BCUT2D eigenvalue weighted by Crippen LogP contribution is 2.00. The Hall–Kier alpha value is -1.31. The van der Waals surface area contributed by atoms with E-state index in [1.54, 1.807) is 0 Å². The summed E-state index contributed by atoms with van der Waals surface area (Å²) in [5.74, 6) is -0.285. The molecule has 0 aliphatic carbocycles. The zero-order valence-electron chi connectivity index (χ0n) is 10.5. The summed E-state index contributed by atoms with van der Waals surface area (Å²) in [6.07, 6.45) is 13.9. The van der Waals surface area contributed by atoms with Gasteiger partial charge in [0.2, 0.25) is 0 Å². The molecule has 0 aliphatic heterocycles. The van der Waals surface area contributed by atoms with Crippen LogP contribution >= 0.6 is 0 Å². The maximum Gasteiger partial charge on any atom is 0.330 e. The summed E-state index contributed by atoms with van der Waals surface area (Å²) < 4.78 is 4.48. The Morgan fingerprint density at radius 2 is 1.44 bits per heavy atom. The molecule has 0 aliphatic rings. The average Bonchev–Trinajstić information content (AvgIpc) is 2.26. The molecular weight excluding hydrogens is 224 g/mol. The van der Waals surface area contributed by atoms with Crippen LogP contribution in [0.15, 0.2) is 36.0 Å². The van der Waals surface area contributed by atoms with Crippen LogP contribution in [-0.2, 0) is 9.53 Å². The van der Waals surface area contributed by atoms with Gasteiger partial charge in [0.15, 0.2) is 0 Å². The monoisotopic (exact) mass is 254 g/mol. The number of methoxy groups -OCH3 is 1. The fraction of sp³-hybridized carbons (Fsp3) is 0.562. The van der Waals surface area contributed by atoms with E-state index in [0.717, 1.165) is 25.7 Å². The van der Waals surface area contributed by atoms with Gasteiger partial charge in [0.1, 0.15) is 0 Å². The Morgan fingerprint density at radius 1 is 0.944 bits per heavy atom. The standard InChI is InChI=1S/C14H22O2.2CH4/c1-13(2)11-9-7-5-4-6-8-10-12-14(15)16-3;;/h4-5,10-12H,6-9H2,1-3H3;2*1H4/b5-4+,12-10+;;. The van der Waals surface area contributed by atoms with E-state index in [-0.39, 0.29) is 20.8 Å². The van der Waals surface area contributed by atoms with Crippen molar-refractivity contribution >= 4 is 5.97 Å². The van der Waals surface area contributed by atoms with E-state index < -0.39 is 0 Å². The van der Waals surface area contributed by atoms with E-state index in [9.17, 15) is 4.79 Å². The maximum absolute atomic E-state index is 10.7. The van der Waals surface area contributed by atoms with Gasteiger partial charge in [-0.05, 0) is 39.5 Å². The quantitative estimate of drug-likeness (QED) is 0.274. The van der Waals surface area contributed by atoms with Crippen LogP contribution in [0.5, 0.6) is 0 Å². The fourth-order valence-corrected chi connectivity index (χ4v) is 1.14. The lowest BCUT2D eigenvalue weighted by molar-refractivity contribution is -0.134. The van der Waals surface area contributed by atoms with Crippen molar-refractivity contribution in [1.82, 2.24) is 0 Å². The Bertz CT molecular complexity index is 269. The number of allylic oxidation sites excluding steroid dienone is 5. The van der Waals surface area contributed by atoms with E-state index in [1.165, 1.54) is 18.8 Å². The van der Waals surface area contributed by atoms with Crippen molar-refractivity contribution < 1.29 is 9.53 Å². The van der Waals surface area contributed by atoms with Gasteiger partial charge in [0.25, 0.3) is 0 Å². The lowest BCUT2D eigenvalue weighted by Gasteiger charge is -1.91. The average molecular weight is 254 g/mol. The molecule has 0 aromatic rings. The van der Waals surface area contributed by atoms with Gasteiger partial charge in [-0.15, -0.1) is 0 Å². The van der Waals surface area contributed by atoms with Crippen molar-refractivity contribution in [3.05, 3.63) is 36.0 Å². The van der Waals surface area contributed by atoms with Gasteiger partial charge in [-0.2, -0.15) is 0 Å². The molecule has 2 nitrogen and oxygen atoms in total. The van der Waals surface area contributed by atoms with E-state index in [4.69, 9.17) is 0 Å². The van der Waals surface area contributed by atoms with Crippen LogP contribution < -0.4 is 0 Å². The topological polar surface area (TPSA) is 26.3 Å². The summed E-state index contributed by atoms with van der Waals surface area (Å²) in [5.41, 5.74) is 1.37. The molecule has 0 spiro atoms. The summed E-state index contributed by atoms with van der Waals surface area (Å²) in [6, 6.07) is 0. The number of unbranched alkanes of at least 4 members (excludes halogenated alkanes) is 2. The van der Waals surface area contributed by atoms with Gasteiger partial charge >= 0.3 is 5.97 Å². The number of rotatable bonds is 7. The first-order chi connectivity index (χ1) is 7.66. The Balaban J connectivity index is -0.00000112. The van der Waals surface area contributed by atoms with Crippen LogP contribution in [0.1, 0.15) is 54.4 Å². The number of ether oxygens (including phenoxy) is 1. The van der Waals surface area contributed by atoms with Crippen molar-refractivity contribution in [3.8, 4) is 0 Å². The van der Waals surface area contributed by atoms with Gasteiger partial charge < -0.3 is 4.74 Å². The molecule has 0 radical (unpaired) electrons. The molecule has 0 unspecified atom stereocenters. The summed E-state index contributed by atoms with van der Waals surface area (Å²) in [5, 5.41) is 0. The Kier molecular flexibility index (Phi) is 19.1. The molecule has 2 heteroatoms. The predicted octanol–water partition coefficient (Wildman–Crippen LogP) is 5.07. The highest BCUT2D eigenvalue weighted by Gasteiger charge is 1.88. The smallest absolute Gasteiger partial charge is 0.330 e. The molecule has 0 heterocycles. The molecule has 0 fully saturated rings. The number of esters is 1. The lowest BCUT2D eigenvalue weighted by Crippen LogP contribution is -1.93. The van der Waals surface area contributed by atoms with Crippen LogP contribution in [0.3, 0.4) is 0 Å². The van der Waals surface area contributed by atoms with Crippen molar-refractivity contribution in [3.63, 3.8) is 0 Å². The van der Waals surface area contributed by atoms with Gasteiger partial charge in [-0.25, -0.2) is 4.79 Å². The highest BCUT2D eigenvalue weighted by molar-refractivity contribution is 5.81. The zero-order valence-corrected chi connectivity index (χ0v) is 10.5. The lowest BCUT2D eigenvalue weighted by atomic mass is 10.2. The Labute approximate surface area is 113 Å². The summed E-state index contributed by atoms with van der Waals surface area (Å²) in [4.78, 5) is 10.7. The molecule has 0 aromatic heterocycles. The number of carbonyl (C=O) groups is 1. The largest absolute Gasteiger partial charge is 0.466 e. The summed E-state index contributed by atoms with van der Waals surface area (Å²) >= 11 is 0. The van der Waals surface area contributed by atoms with Crippen molar-refractivity contribution in [1.29, 1.82) is 0 Å². The normalized spacial score (nSPS) is 9.72. The molecule has 0 saturated heterocycles. The highest BCUT2D eigenvalue weighted by atomic mass is 16.5. The second-order valence-electron chi connectivity index (χ2n) is 3.83. The zero-order chi connectivity index (χ0) is 12.2. The second-order valence-corrected chi connectivity index (χ2v) is 3.83. The number of carbonyl (C=O) groups excluding carboxylic acids is 1. The van der Waals surface area contributed by atoms with E-state index in [0.29, 0.717) is 0 Å². The van der Waals surface area contributed by atoms with Crippen LogP contribution in [0.25, 0.3) is 0 Å². The minimum atomic E-state index is -0.285. The molecule has 0 aromatic carbocycles. The van der Waals surface area contributed by atoms with Crippen LogP contribution in [-0.4, -0.2) is 13.1 Å². The first kappa shape index (κ1) is 21.9. The summed E-state index contributed by atoms with van der Waals surface area (Å²) in [7, 11) is 1.38. The Morgan fingerprint density at radius 3 is 1.94 bits per heavy atom. The van der Waals surface area contributed by atoms with Gasteiger partial charge in [-0.1, -0.05) is 44.7 Å². The van der Waals surface area contributed by atoms with E-state index >= 15 is 0 Å². The predicted molar refractivity (Wildman–Crippen MR) is 81.7 cm³/mol. The van der Waals surface area contributed by atoms with Gasteiger partial charge in [0.05, 0.1) is 7.11 Å². The third-order valence-corrected chi connectivity index (χ3v) is 2.01. The molecule has 0 amide bonds. The SMILES string of the molecule is C.C.COC(=O)/C=C/CC/C=C/CCC=C(C)C. The molecule has 0 bridgehead atoms. The molecule has 0 rings (SSSR count). The molecule has 0 atom stereocenters. The third-order valence-electron chi connectivity index (χ3n) is 2.01. The minimum absolute atomic E-state index is 0. The van der Waals surface area contributed by atoms with Crippen LogP contribution in [0.2, 0.25) is 0 Å². The molecule has 0 N–H and O–H groups in total. The maximum atomic E-state index is 10.7. The molecule has 0 saturated carbocycles. The van der Waals surface area contributed by atoms with Gasteiger partial charge in [-0.3, -0.25) is 0 Å². The van der Waals surface area contributed by atoms with Crippen molar-refractivity contribution in [2.24, 2.45) is 0 Å². The van der Waals surface area contributed by atoms with Crippen LogP contribution in [0, 0.1) is 0 Å². The third kappa shape index (κ3) is 17.1.